The van der Waals surface area contributed by atoms with Gasteiger partial charge in [0.2, 0.25) is 15.9 Å². The van der Waals surface area contributed by atoms with Crippen LogP contribution in [0.4, 0.5) is 0 Å². The molecule has 0 saturated carbocycles. The number of methoxy groups -OCH3 is 2. The summed E-state index contributed by atoms with van der Waals surface area (Å²) in [5.74, 6) is 0.679. The third kappa shape index (κ3) is 6.59. The minimum atomic E-state index is -3.93. The summed E-state index contributed by atoms with van der Waals surface area (Å²) in [6, 6.07) is 19.5. The zero-order chi connectivity index (χ0) is 24.7. The van der Waals surface area contributed by atoms with Crippen LogP contribution in [0, 0.1) is 0 Å². The number of sulfonamides is 1. The fraction of sp³-hybridized carbons (Fsp3) is 0.240. The molecule has 0 unspecified atom stereocenters. The van der Waals surface area contributed by atoms with Crippen LogP contribution in [0.5, 0.6) is 11.5 Å². The summed E-state index contributed by atoms with van der Waals surface area (Å²) < 4.78 is 40.0. The van der Waals surface area contributed by atoms with Gasteiger partial charge in [-0.15, -0.1) is 0 Å². The molecular formula is C25H27BrN2O5S. The first-order valence-corrected chi connectivity index (χ1v) is 12.8. The molecule has 3 rings (SSSR count). The molecule has 2 N–H and O–H groups in total. The molecule has 0 heterocycles. The highest BCUT2D eigenvalue weighted by Gasteiger charge is 2.27. The van der Waals surface area contributed by atoms with Gasteiger partial charge in [-0.05, 0) is 60.9 Å². The highest BCUT2D eigenvalue weighted by atomic mass is 79.9. The summed E-state index contributed by atoms with van der Waals surface area (Å²) in [6.07, 6.45) is 0.196. The summed E-state index contributed by atoms with van der Waals surface area (Å²) >= 11 is 3.30. The number of hydrogen-bond acceptors (Lipinski definition) is 5. The van der Waals surface area contributed by atoms with Gasteiger partial charge in [0, 0.05) is 4.47 Å². The predicted molar refractivity (Wildman–Crippen MR) is 135 cm³/mol. The van der Waals surface area contributed by atoms with Crippen LogP contribution >= 0.6 is 15.9 Å². The second-order valence-corrected chi connectivity index (χ2v) is 10.3. The van der Waals surface area contributed by atoms with Gasteiger partial charge in [0.1, 0.15) is 6.04 Å². The molecule has 0 bridgehead atoms. The number of rotatable bonds is 10. The Bertz CT molecular complexity index is 1220. The SMILES string of the molecule is COc1ccc([C@H](C)NC(=O)[C@H](Cc2ccccc2)NS(=O)(=O)c2ccc(Br)cc2)cc1OC. The largest absolute Gasteiger partial charge is 0.493 e. The summed E-state index contributed by atoms with van der Waals surface area (Å²) in [7, 11) is -0.840. The van der Waals surface area contributed by atoms with Crippen molar-refractivity contribution in [2.24, 2.45) is 0 Å². The average molecular weight is 547 g/mol. The summed E-state index contributed by atoms with van der Waals surface area (Å²) in [5.41, 5.74) is 1.63. The molecule has 1 amide bonds. The Morgan fingerprint density at radius 1 is 0.941 bits per heavy atom. The van der Waals surface area contributed by atoms with Crippen LogP contribution in [0.25, 0.3) is 0 Å². The van der Waals surface area contributed by atoms with Crippen molar-refractivity contribution in [1.82, 2.24) is 10.0 Å². The Kier molecular flexibility index (Phi) is 8.71. The van der Waals surface area contributed by atoms with E-state index in [0.717, 1.165) is 15.6 Å². The van der Waals surface area contributed by atoms with Gasteiger partial charge >= 0.3 is 0 Å². The van der Waals surface area contributed by atoms with Crippen LogP contribution in [0.15, 0.2) is 82.2 Å². The van der Waals surface area contributed by atoms with E-state index in [0.29, 0.717) is 11.5 Å². The molecule has 0 spiro atoms. The lowest BCUT2D eigenvalue weighted by molar-refractivity contribution is -0.123. The lowest BCUT2D eigenvalue weighted by Gasteiger charge is -2.22. The van der Waals surface area contributed by atoms with Crippen molar-refractivity contribution in [2.75, 3.05) is 14.2 Å². The highest BCUT2D eigenvalue weighted by Crippen LogP contribution is 2.30. The zero-order valence-electron chi connectivity index (χ0n) is 19.1. The van der Waals surface area contributed by atoms with E-state index in [1.807, 2.05) is 43.3 Å². The summed E-state index contributed by atoms with van der Waals surface area (Å²) in [5, 5.41) is 2.92. The van der Waals surface area contributed by atoms with Gasteiger partial charge in [-0.3, -0.25) is 4.79 Å². The third-order valence-corrected chi connectivity index (χ3v) is 7.30. The van der Waals surface area contributed by atoms with Crippen molar-refractivity contribution in [2.45, 2.75) is 30.3 Å². The Morgan fingerprint density at radius 3 is 2.21 bits per heavy atom. The van der Waals surface area contributed by atoms with Crippen LogP contribution in [0.2, 0.25) is 0 Å². The minimum Gasteiger partial charge on any atom is -0.493 e. The van der Waals surface area contributed by atoms with E-state index < -0.39 is 28.0 Å². The van der Waals surface area contributed by atoms with Crippen molar-refractivity contribution in [3.8, 4) is 11.5 Å². The van der Waals surface area contributed by atoms with Gasteiger partial charge in [-0.2, -0.15) is 4.72 Å². The van der Waals surface area contributed by atoms with Crippen molar-refractivity contribution in [1.29, 1.82) is 0 Å². The number of amides is 1. The maximum Gasteiger partial charge on any atom is 0.241 e. The molecule has 180 valence electrons. The van der Waals surface area contributed by atoms with E-state index in [9.17, 15) is 13.2 Å². The molecule has 0 aliphatic heterocycles. The summed E-state index contributed by atoms with van der Waals surface area (Å²) in [4.78, 5) is 13.3. The Hall–Kier alpha value is -2.88. The lowest BCUT2D eigenvalue weighted by atomic mass is 10.0. The Labute approximate surface area is 208 Å². The normalized spacial score (nSPS) is 13.1. The van der Waals surface area contributed by atoms with E-state index >= 15 is 0 Å². The molecule has 0 radical (unpaired) electrons. The molecule has 2 atom stereocenters. The topological polar surface area (TPSA) is 93.7 Å². The molecule has 0 aliphatic carbocycles. The monoisotopic (exact) mass is 546 g/mol. The molecular weight excluding hydrogens is 520 g/mol. The number of halogens is 1. The first-order chi connectivity index (χ1) is 16.2. The standard InChI is InChI=1S/C25H27BrN2O5S/c1-17(19-9-14-23(32-2)24(16-19)33-3)27-25(29)22(15-18-7-5-4-6-8-18)28-34(30,31)21-12-10-20(26)11-13-21/h4-14,16-17,22,28H,15H2,1-3H3,(H,27,29)/t17-,22-/m0/s1. The van der Waals surface area contributed by atoms with Crippen molar-refractivity contribution >= 4 is 31.9 Å². The summed E-state index contributed by atoms with van der Waals surface area (Å²) in [6.45, 7) is 1.82. The van der Waals surface area contributed by atoms with E-state index in [4.69, 9.17) is 9.47 Å². The van der Waals surface area contributed by atoms with Gasteiger partial charge in [0.15, 0.2) is 11.5 Å². The fourth-order valence-corrected chi connectivity index (χ4v) is 4.89. The van der Waals surface area contributed by atoms with Crippen molar-refractivity contribution in [3.05, 3.63) is 88.4 Å². The van der Waals surface area contributed by atoms with E-state index in [-0.39, 0.29) is 11.3 Å². The predicted octanol–water partition coefficient (Wildman–Crippen LogP) is 4.23. The highest BCUT2D eigenvalue weighted by molar-refractivity contribution is 9.10. The van der Waals surface area contributed by atoms with Crippen LogP contribution in [0.3, 0.4) is 0 Å². The maximum absolute atomic E-state index is 13.3. The van der Waals surface area contributed by atoms with Gasteiger partial charge in [-0.1, -0.05) is 52.3 Å². The number of hydrogen-bond donors (Lipinski definition) is 2. The number of ether oxygens (including phenoxy) is 2. The maximum atomic E-state index is 13.3. The molecule has 3 aromatic carbocycles. The number of nitrogens with one attached hydrogen (secondary N) is 2. The number of carbonyl (C=O) groups is 1. The Balaban J connectivity index is 1.83. The molecule has 7 nitrogen and oxygen atoms in total. The first kappa shape index (κ1) is 25.7. The molecule has 0 saturated heterocycles. The van der Waals surface area contributed by atoms with E-state index in [2.05, 4.69) is 26.0 Å². The third-order valence-electron chi connectivity index (χ3n) is 5.29. The molecule has 3 aromatic rings. The van der Waals surface area contributed by atoms with Crippen LogP contribution < -0.4 is 19.5 Å². The second-order valence-electron chi connectivity index (χ2n) is 7.66. The fourth-order valence-electron chi connectivity index (χ4n) is 3.43. The Morgan fingerprint density at radius 2 is 1.59 bits per heavy atom. The number of carbonyl (C=O) groups excluding carboxylic acids is 1. The molecule has 0 aromatic heterocycles. The molecule has 0 aliphatic rings. The second kappa shape index (κ2) is 11.5. The first-order valence-electron chi connectivity index (χ1n) is 10.6. The van der Waals surface area contributed by atoms with Gasteiger partial charge in [-0.25, -0.2) is 8.42 Å². The smallest absolute Gasteiger partial charge is 0.241 e. The zero-order valence-corrected chi connectivity index (χ0v) is 21.5. The van der Waals surface area contributed by atoms with Crippen molar-refractivity contribution < 1.29 is 22.7 Å². The van der Waals surface area contributed by atoms with Crippen LogP contribution in [0.1, 0.15) is 24.1 Å². The average Bonchev–Trinajstić information content (AvgIpc) is 2.83. The quantitative estimate of drug-likeness (QED) is 0.396. The lowest BCUT2D eigenvalue weighted by Crippen LogP contribution is -2.48. The minimum absolute atomic E-state index is 0.0782. The molecule has 0 fully saturated rings. The van der Waals surface area contributed by atoms with Crippen molar-refractivity contribution in [3.63, 3.8) is 0 Å². The van der Waals surface area contributed by atoms with Gasteiger partial charge < -0.3 is 14.8 Å². The van der Waals surface area contributed by atoms with Gasteiger partial charge in [0.25, 0.3) is 0 Å². The van der Waals surface area contributed by atoms with Gasteiger partial charge in [0.05, 0.1) is 25.2 Å². The number of benzene rings is 3. The van der Waals surface area contributed by atoms with E-state index in [1.54, 1.807) is 31.4 Å². The van der Waals surface area contributed by atoms with E-state index in [1.165, 1.54) is 19.2 Å². The molecule has 34 heavy (non-hydrogen) atoms. The molecule has 9 heteroatoms. The van der Waals surface area contributed by atoms with Crippen LogP contribution in [-0.4, -0.2) is 34.6 Å². The van der Waals surface area contributed by atoms with Crippen LogP contribution in [-0.2, 0) is 21.2 Å².